The fourth-order valence-corrected chi connectivity index (χ4v) is 2.86. The minimum absolute atomic E-state index is 0.150. The van der Waals surface area contributed by atoms with Crippen molar-refractivity contribution in [2.24, 2.45) is 0 Å². The van der Waals surface area contributed by atoms with Gasteiger partial charge in [-0.3, -0.25) is 4.79 Å². The number of hydrogen-bond acceptors (Lipinski definition) is 3. The molecule has 26 heavy (non-hydrogen) atoms. The summed E-state index contributed by atoms with van der Waals surface area (Å²) >= 11 is 0. The third kappa shape index (κ3) is 3.62. The summed E-state index contributed by atoms with van der Waals surface area (Å²) in [5, 5.41) is 6.77. The zero-order valence-corrected chi connectivity index (χ0v) is 14.2. The van der Waals surface area contributed by atoms with Gasteiger partial charge in [-0.25, -0.2) is 4.98 Å². The van der Waals surface area contributed by atoms with Crippen LogP contribution in [0.1, 0.15) is 22.3 Å². The predicted octanol–water partition coefficient (Wildman–Crippen LogP) is 3.75. The van der Waals surface area contributed by atoms with Crippen molar-refractivity contribution in [1.29, 1.82) is 0 Å². The van der Waals surface area contributed by atoms with Gasteiger partial charge in [-0.05, 0) is 38.2 Å². The molecule has 2 aromatic carbocycles. The lowest BCUT2D eigenvalue weighted by molar-refractivity contribution is -0.136. The van der Waals surface area contributed by atoms with Gasteiger partial charge in [-0.2, -0.15) is 13.2 Å². The second-order valence-corrected chi connectivity index (χ2v) is 5.95. The number of hydrogen-bond donors (Lipinski definition) is 2. The molecule has 0 radical (unpaired) electrons. The molecule has 0 aliphatic rings. The van der Waals surface area contributed by atoms with E-state index in [-0.39, 0.29) is 22.5 Å². The Labute approximate surface area is 148 Å². The maximum atomic E-state index is 13.3. The van der Waals surface area contributed by atoms with Crippen LogP contribution in [-0.2, 0) is 6.18 Å². The van der Waals surface area contributed by atoms with E-state index in [4.69, 9.17) is 0 Å². The average molecular weight is 361 g/mol. The quantitative estimate of drug-likeness (QED) is 0.538. The number of para-hydroxylation sites is 2. The summed E-state index contributed by atoms with van der Waals surface area (Å²) in [5.74, 6) is -0.344. The van der Waals surface area contributed by atoms with Gasteiger partial charge in [-0.15, -0.1) is 0 Å². The number of pyridine rings is 1. The Bertz CT molecular complexity index is 954. The molecule has 0 saturated heterocycles. The lowest BCUT2D eigenvalue weighted by Crippen LogP contribution is -2.26. The van der Waals surface area contributed by atoms with E-state index in [9.17, 15) is 18.0 Å². The van der Waals surface area contributed by atoms with Gasteiger partial charge >= 0.3 is 6.18 Å². The fourth-order valence-electron chi connectivity index (χ4n) is 2.86. The molecule has 0 fully saturated rings. The van der Waals surface area contributed by atoms with Gasteiger partial charge in [0.2, 0.25) is 0 Å². The molecule has 1 aromatic heterocycles. The normalized spacial score (nSPS) is 11.8. The van der Waals surface area contributed by atoms with E-state index >= 15 is 0 Å². The third-order valence-corrected chi connectivity index (χ3v) is 4.11. The van der Waals surface area contributed by atoms with Crippen LogP contribution in [0.25, 0.3) is 21.8 Å². The Morgan fingerprint density at radius 1 is 1.04 bits per heavy atom. The molecular formula is C19H18F3N3O. The first-order chi connectivity index (χ1) is 12.4. The van der Waals surface area contributed by atoms with Crippen molar-refractivity contribution in [3.63, 3.8) is 0 Å². The highest BCUT2D eigenvalue weighted by Gasteiger charge is 2.33. The SMILES string of the molecule is CNCCCNC(=O)c1cccc2cc3cccc(C(F)(F)F)c3nc12. The molecule has 1 amide bonds. The van der Waals surface area contributed by atoms with Gasteiger partial charge in [0, 0.05) is 17.3 Å². The van der Waals surface area contributed by atoms with Crippen molar-refractivity contribution in [1.82, 2.24) is 15.6 Å². The predicted molar refractivity (Wildman–Crippen MR) is 95.1 cm³/mol. The number of alkyl halides is 3. The number of carbonyl (C=O) groups excluding carboxylic acids is 1. The third-order valence-electron chi connectivity index (χ3n) is 4.11. The standard InChI is InChI=1S/C19H18F3N3O/c1-23-9-4-10-24-18(26)14-7-2-5-12-11-13-6-3-8-15(19(20,21)22)17(13)25-16(12)14/h2-3,5-8,11,23H,4,9-10H2,1H3,(H,24,26). The molecule has 3 aromatic rings. The van der Waals surface area contributed by atoms with Gasteiger partial charge < -0.3 is 10.6 Å². The van der Waals surface area contributed by atoms with E-state index < -0.39 is 11.7 Å². The van der Waals surface area contributed by atoms with E-state index in [1.807, 2.05) is 7.05 Å². The maximum Gasteiger partial charge on any atom is 0.418 e. The number of fused-ring (bicyclic) bond motifs is 2. The molecule has 136 valence electrons. The molecule has 1 heterocycles. The summed E-state index contributed by atoms with van der Waals surface area (Å²) in [6.45, 7) is 1.23. The summed E-state index contributed by atoms with van der Waals surface area (Å²) in [5.41, 5.74) is -0.419. The lowest BCUT2D eigenvalue weighted by Gasteiger charge is -2.12. The van der Waals surface area contributed by atoms with E-state index in [1.165, 1.54) is 6.07 Å². The van der Waals surface area contributed by atoms with E-state index in [1.54, 1.807) is 30.3 Å². The largest absolute Gasteiger partial charge is 0.418 e. The summed E-state index contributed by atoms with van der Waals surface area (Å²) in [6, 6.07) is 10.6. The molecule has 0 spiro atoms. The Morgan fingerprint density at radius 2 is 1.73 bits per heavy atom. The number of halogens is 3. The van der Waals surface area contributed by atoms with Crippen LogP contribution in [0.5, 0.6) is 0 Å². The molecular weight excluding hydrogens is 343 g/mol. The van der Waals surface area contributed by atoms with Crippen LogP contribution in [0, 0.1) is 0 Å². The number of amides is 1. The summed E-state index contributed by atoms with van der Waals surface area (Å²) in [7, 11) is 1.82. The molecule has 0 bridgehead atoms. The summed E-state index contributed by atoms with van der Waals surface area (Å²) < 4.78 is 39.9. The van der Waals surface area contributed by atoms with Crippen LogP contribution < -0.4 is 10.6 Å². The number of rotatable bonds is 5. The number of nitrogens with one attached hydrogen (secondary N) is 2. The smallest absolute Gasteiger partial charge is 0.352 e. The van der Waals surface area contributed by atoms with Crippen molar-refractivity contribution in [2.75, 3.05) is 20.1 Å². The van der Waals surface area contributed by atoms with Crippen LogP contribution in [0.4, 0.5) is 13.2 Å². The van der Waals surface area contributed by atoms with Gasteiger partial charge in [0.15, 0.2) is 0 Å². The molecule has 2 N–H and O–H groups in total. The van der Waals surface area contributed by atoms with E-state index in [0.29, 0.717) is 17.3 Å². The van der Waals surface area contributed by atoms with Gasteiger partial charge in [0.1, 0.15) is 0 Å². The van der Waals surface area contributed by atoms with E-state index in [2.05, 4.69) is 15.6 Å². The van der Waals surface area contributed by atoms with Gasteiger partial charge in [0.05, 0.1) is 22.2 Å². The molecule has 0 aliphatic heterocycles. The van der Waals surface area contributed by atoms with Crippen LogP contribution in [0.2, 0.25) is 0 Å². The number of carbonyl (C=O) groups is 1. The van der Waals surface area contributed by atoms with Gasteiger partial charge in [0.25, 0.3) is 5.91 Å². The first kappa shape index (κ1) is 18.1. The van der Waals surface area contributed by atoms with Gasteiger partial charge in [-0.1, -0.05) is 24.3 Å². The number of nitrogens with zero attached hydrogens (tertiary/aromatic N) is 1. The monoisotopic (exact) mass is 361 g/mol. The van der Waals surface area contributed by atoms with Crippen molar-refractivity contribution in [2.45, 2.75) is 12.6 Å². The van der Waals surface area contributed by atoms with Crippen LogP contribution in [0.3, 0.4) is 0 Å². The number of benzene rings is 2. The average Bonchev–Trinajstić information content (AvgIpc) is 2.61. The Balaban J connectivity index is 2.08. The minimum Gasteiger partial charge on any atom is -0.352 e. The zero-order valence-electron chi connectivity index (χ0n) is 14.2. The Morgan fingerprint density at radius 3 is 2.42 bits per heavy atom. The number of aromatic nitrogens is 1. The summed E-state index contributed by atoms with van der Waals surface area (Å²) in [4.78, 5) is 16.7. The Hall–Kier alpha value is -2.67. The molecule has 0 atom stereocenters. The maximum absolute atomic E-state index is 13.3. The van der Waals surface area contributed by atoms with Crippen molar-refractivity contribution < 1.29 is 18.0 Å². The minimum atomic E-state index is -4.51. The summed E-state index contributed by atoms with van der Waals surface area (Å²) in [6.07, 6.45) is -3.76. The lowest BCUT2D eigenvalue weighted by atomic mass is 10.0. The highest BCUT2D eigenvalue weighted by molar-refractivity contribution is 6.08. The Kier molecular flexibility index (Phi) is 5.08. The topological polar surface area (TPSA) is 54.0 Å². The first-order valence-electron chi connectivity index (χ1n) is 8.24. The highest BCUT2D eigenvalue weighted by atomic mass is 19.4. The van der Waals surface area contributed by atoms with Crippen molar-refractivity contribution in [3.05, 3.63) is 53.6 Å². The second-order valence-electron chi connectivity index (χ2n) is 5.95. The molecule has 0 saturated carbocycles. The molecule has 0 unspecified atom stereocenters. The fraction of sp³-hybridized carbons (Fsp3) is 0.263. The molecule has 4 nitrogen and oxygen atoms in total. The van der Waals surface area contributed by atoms with Crippen molar-refractivity contribution in [3.8, 4) is 0 Å². The van der Waals surface area contributed by atoms with Crippen LogP contribution >= 0.6 is 0 Å². The molecule has 7 heteroatoms. The zero-order chi connectivity index (χ0) is 18.7. The van der Waals surface area contributed by atoms with Crippen LogP contribution in [0.15, 0.2) is 42.5 Å². The molecule has 3 rings (SSSR count). The van der Waals surface area contributed by atoms with Crippen molar-refractivity contribution >= 4 is 27.7 Å². The molecule has 0 aliphatic carbocycles. The first-order valence-corrected chi connectivity index (χ1v) is 8.24. The second kappa shape index (κ2) is 7.29. The highest BCUT2D eigenvalue weighted by Crippen LogP contribution is 2.35. The van der Waals surface area contributed by atoms with E-state index in [0.717, 1.165) is 19.0 Å². The van der Waals surface area contributed by atoms with Crippen LogP contribution in [-0.4, -0.2) is 31.0 Å².